The van der Waals surface area contributed by atoms with Crippen LogP contribution in [0, 0.1) is 5.92 Å². The first-order valence-corrected chi connectivity index (χ1v) is 17.8. The molecule has 0 saturated carbocycles. The van der Waals surface area contributed by atoms with Crippen LogP contribution in [0.3, 0.4) is 0 Å². The molecule has 13 nitrogen and oxygen atoms in total. The minimum atomic E-state index is -0.671. The molecule has 1 unspecified atom stereocenters. The average molecular weight is 695 g/mol. The summed E-state index contributed by atoms with van der Waals surface area (Å²) in [5.74, 6) is -0.299. The zero-order chi connectivity index (χ0) is 35.5. The third-order valence-corrected chi connectivity index (χ3v) is 9.39. The highest BCUT2D eigenvalue weighted by molar-refractivity contribution is 7.13. The number of thiophene rings is 1. The van der Waals surface area contributed by atoms with E-state index in [9.17, 15) is 19.2 Å². The van der Waals surface area contributed by atoms with E-state index in [4.69, 9.17) is 16.2 Å². The van der Waals surface area contributed by atoms with Crippen molar-refractivity contribution in [3.8, 4) is 0 Å². The first-order chi connectivity index (χ1) is 23.5. The van der Waals surface area contributed by atoms with Crippen LogP contribution in [0.4, 0.5) is 16.2 Å². The number of nitrogens with two attached hydrogens (primary N) is 2. The summed E-state index contributed by atoms with van der Waals surface area (Å²) >= 11 is 1.63. The molecule has 0 bridgehead atoms. The zero-order valence-electron chi connectivity index (χ0n) is 29.0. The zero-order valence-corrected chi connectivity index (χ0v) is 29.8. The van der Waals surface area contributed by atoms with Gasteiger partial charge in [0.1, 0.15) is 12.4 Å². The molecule has 4 rings (SSSR count). The molecule has 2 aliphatic heterocycles. The number of piperazine rings is 1. The summed E-state index contributed by atoms with van der Waals surface area (Å²) in [6, 6.07) is 8.35. The predicted molar refractivity (Wildman–Crippen MR) is 193 cm³/mol. The molecule has 1 atom stereocenters. The van der Waals surface area contributed by atoms with Gasteiger partial charge in [0.2, 0.25) is 17.7 Å². The largest absolute Gasteiger partial charge is 0.445 e. The first kappa shape index (κ1) is 37.5. The monoisotopic (exact) mass is 694 g/mol. The molecule has 0 radical (unpaired) electrons. The molecule has 0 aliphatic carbocycles. The lowest BCUT2D eigenvalue weighted by Gasteiger charge is -2.33. The van der Waals surface area contributed by atoms with Crippen LogP contribution in [-0.4, -0.2) is 96.2 Å². The van der Waals surface area contributed by atoms with Gasteiger partial charge >= 0.3 is 6.09 Å². The highest BCUT2D eigenvalue weighted by Crippen LogP contribution is 2.35. The first-order valence-electron chi connectivity index (χ1n) is 17.0. The van der Waals surface area contributed by atoms with Gasteiger partial charge in [0.05, 0.1) is 23.2 Å². The highest BCUT2D eigenvalue weighted by Gasteiger charge is 2.25. The Hall–Kier alpha value is -4.27. The number of carbonyl (C=O) groups is 4. The van der Waals surface area contributed by atoms with Crippen LogP contribution in [0.5, 0.6) is 0 Å². The van der Waals surface area contributed by atoms with Crippen LogP contribution in [0.15, 0.2) is 40.9 Å². The molecule has 2 aromatic rings. The number of fused-ring (bicyclic) bond motifs is 1. The van der Waals surface area contributed by atoms with E-state index in [1.807, 2.05) is 30.9 Å². The Morgan fingerprint density at radius 2 is 1.71 bits per heavy atom. The summed E-state index contributed by atoms with van der Waals surface area (Å²) in [5.41, 5.74) is 14.9. The van der Waals surface area contributed by atoms with Crippen molar-refractivity contribution in [2.75, 3.05) is 51.1 Å². The van der Waals surface area contributed by atoms with Crippen molar-refractivity contribution in [2.24, 2.45) is 22.4 Å². The normalized spacial score (nSPS) is 15.4. The second-order valence-corrected chi connectivity index (χ2v) is 13.9. The minimum Gasteiger partial charge on any atom is -0.445 e. The predicted octanol–water partition coefficient (Wildman–Crippen LogP) is 3.66. The van der Waals surface area contributed by atoms with Gasteiger partial charge in [-0.3, -0.25) is 19.3 Å². The molecular weight excluding hydrogens is 645 g/mol. The van der Waals surface area contributed by atoms with E-state index in [0.29, 0.717) is 56.2 Å². The average Bonchev–Trinajstić information content (AvgIpc) is 3.37. The van der Waals surface area contributed by atoms with Gasteiger partial charge in [-0.15, -0.1) is 11.3 Å². The van der Waals surface area contributed by atoms with E-state index in [2.05, 4.69) is 34.4 Å². The molecule has 1 aromatic heterocycles. The van der Waals surface area contributed by atoms with Crippen molar-refractivity contribution in [3.05, 3.63) is 51.2 Å². The van der Waals surface area contributed by atoms with Gasteiger partial charge in [-0.05, 0) is 48.6 Å². The van der Waals surface area contributed by atoms with Crippen molar-refractivity contribution in [2.45, 2.75) is 66.2 Å². The number of nitrogens with zero attached hydrogens (tertiary/aromatic N) is 4. The quantitative estimate of drug-likeness (QED) is 0.232. The topological polar surface area (TPSA) is 176 Å². The second kappa shape index (κ2) is 17.9. The molecular formula is C35H50N8O5S. The lowest BCUT2D eigenvalue weighted by atomic mass is 10.1. The van der Waals surface area contributed by atoms with Gasteiger partial charge in [0, 0.05) is 68.4 Å². The maximum atomic E-state index is 13.3. The van der Waals surface area contributed by atoms with Crippen LogP contribution in [-0.2, 0) is 32.3 Å². The van der Waals surface area contributed by atoms with Crippen LogP contribution >= 0.6 is 11.3 Å². The van der Waals surface area contributed by atoms with Gasteiger partial charge in [0.15, 0.2) is 0 Å². The van der Waals surface area contributed by atoms with Crippen molar-refractivity contribution >= 4 is 58.4 Å². The molecule has 14 heteroatoms. The summed E-state index contributed by atoms with van der Waals surface area (Å²) in [5, 5.41) is 5.26. The minimum absolute atomic E-state index is 0.0279. The van der Waals surface area contributed by atoms with E-state index in [1.165, 1.54) is 0 Å². The number of rotatable bonds is 14. The fraction of sp³-hybridized carbons (Fsp3) is 0.514. The number of ether oxygens (including phenoxy) is 1. The summed E-state index contributed by atoms with van der Waals surface area (Å²) in [4.78, 5) is 62.9. The molecule has 1 aromatic carbocycles. The number of anilines is 1. The van der Waals surface area contributed by atoms with E-state index in [-0.39, 0.29) is 42.9 Å². The Morgan fingerprint density at radius 3 is 2.35 bits per heavy atom. The fourth-order valence-corrected chi connectivity index (χ4v) is 6.64. The van der Waals surface area contributed by atoms with E-state index >= 15 is 0 Å². The van der Waals surface area contributed by atoms with Gasteiger partial charge in [0.25, 0.3) is 0 Å². The van der Waals surface area contributed by atoms with Crippen molar-refractivity contribution < 1.29 is 23.9 Å². The number of aliphatic imine (C=N–C) groups is 1. The number of hydrogen-bond acceptors (Lipinski definition) is 10. The smallest absolute Gasteiger partial charge is 0.410 e. The van der Waals surface area contributed by atoms with Gasteiger partial charge in [-0.25, -0.2) is 9.79 Å². The molecule has 3 heterocycles. The Bertz CT molecular complexity index is 1520. The number of benzene rings is 1. The summed E-state index contributed by atoms with van der Waals surface area (Å²) in [7, 11) is 0. The Labute approximate surface area is 292 Å². The third kappa shape index (κ3) is 10.9. The number of nitrogens with one attached hydrogen (secondary N) is 2. The molecule has 1 fully saturated rings. The standard InChI is InChI=1S/C35H50N8O5S/c1-5-11-42(12-6-2)34(46)25-17-29-28(40-30(36)18-25)19-27(49-29)21-41-13-15-43(16-14-41)35(47)48-22-24-7-9-26(10-8-24)39-31(44)20-38-33(45)32(37)23(3)4/h7-10,17,19,23,32H,5-6,11-16,18,20-22,37H2,1-4H3,(H2,36,40)(H,38,45)(H,39,44). The van der Waals surface area contributed by atoms with E-state index in [0.717, 1.165) is 46.9 Å². The summed E-state index contributed by atoms with van der Waals surface area (Å²) in [6.45, 7) is 12.4. The maximum absolute atomic E-state index is 13.3. The number of hydrogen-bond donors (Lipinski definition) is 4. The summed E-state index contributed by atoms with van der Waals surface area (Å²) in [6.07, 6.45) is 3.73. The molecule has 2 aliphatic rings. The number of amides is 4. The molecule has 4 amide bonds. The van der Waals surface area contributed by atoms with E-state index < -0.39 is 6.04 Å². The maximum Gasteiger partial charge on any atom is 0.410 e. The molecule has 266 valence electrons. The molecule has 6 N–H and O–H groups in total. The van der Waals surface area contributed by atoms with Gasteiger partial charge < -0.3 is 36.6 Å². The Morgan fingerprint density at radius 1 is 1.04 bits per heavy atom. The van der Waals surface area contributed by atoms with Crippen molar-refractivity contribution in [1.29, 1.82) is 0 Å². The Kier molecular flexibility index (Phi) is 13.7. The van der Waals surface area contributed by atoms with E-state index in [1.54, 1.807) is 40.5 Å². The number of amidine groups is 1. The lowest BCUT2D eigenvalue weighted by Crippen LogP contribution is -2.48. The van der Waals surface area contributed by atoms with Crippen LogP contribution in [0.1, 0.15) is 62.3 Å². The lowest BCUT2D eigenvalue weighted by molar-refractivity contribution is -0.127. The summed E-state index contributed by atoms with van der Waals surface area (Å²) < 4.78 is 5.56. The van der Waals surface area contributed by atoms with Crippen LogP contribution in [0.25, 0.3) is 6.08 Å². The molecule has 0 spiro atoms. The molecule has 1 saturated heterocycles. The van der Waals surface area contributed by atoms with Crippen molar-refractivity contribution in [3.63, 3.8) is 0 Å². The third-order valence-electron chi connectivity index (χ3n) is 8.34. The van der Waals surface area contributed by atoms with Crippen LogP contribution in [0.2, 0.25) is 0 Å². The van der Waals surface area contributed by atoms with Gasteiger partial charge in [-0.1, -0.05) is 39.8 Å². The highest BCUT2D eigenvalue weighted by atomic mass is 32.1. The number of carbonyl (C=O) groups excluding carboxylic acids is 4. The fourth-order valence-electron chi connectivity index (χ4n) is 5.53. The van der Waals surface area contributed by atoms with Crippen molar-refractivity contribution in [1.82, 2.24) is 20.0 Å². The van der Waals surface area contributed by atoms with Gasteiger partial charge in [-0.2, -0.15) is 0 Å². The molecule has 49 heavy (non-hydrogen) atoms. The second-order valence-electron chi connectivity index (χ2n) is 12.8. The SMILES string of the molecule is CCCN(CCC)C(=O)C1=Cc2sc(CN3CCN(C(=O)OCc4ccc(NC(=O)CNC(=O)C(N)C(C)C)cc4)CC3)cc2N=C(N)C1. The Balaban J connectivity index is 1.22. The van der Waals surface area contributed by atoms with Crippen LogP contribution < -0.4 is 22.1 Å².